The second kappa shape index (κ2) is 7.74. The van der Waals surface area contributed by atoms with E-state index in [0.29, 0.717) is 24.0 Å². The van der Waals surface area contributed by atoms with Gasteiger partial charge in [-0.05, 0) is 54.8 Å². The number of rotatable bonds is 6. The van der Waals surface area contributed by atoms with Crippen molar-refractivity contribution in [2.75, 3.05) is 5.32 Å². The van der Waals surface area contributed by atoms with E-state index in [1.54, 1.807) is 48.9 Å². The molecule has 0 atom stereocenters. The molecule has 0 aliphatic rings. The van der Waals surface area contributed by atoms with E-state index in [1.807, 2.05) is 0 Å². The molecule has 1 heterocycles. The number of anilines is 1. The zero-order valence-electron chi connectivity index (χ0n) is 13.9. The Bertz CT molecular complexity index is 955. The number of benzene rings is 2. The number of aryl methyl sites for hydroxylation is 1. The molecule has 0 spiro atoms. The average molecular weight is 350 g/mol. The average Bonchev–Trinajstić information content (AvgIpc) is 2.63. The number of carbonyl (C=O) groups excluding carboxylic acids is 2. The second-order valence-electron chi connectivity index (χ2n) is 5.83. The normalized spacial score (nSPS) is 10.7. The van der Waals surface area contributed by atoms with Crippen LogP contribution >= 0.6 is 0 Å². The van der Waals surface area contributed by atoms with Gasteiger partial charge < -0.3 is 11.1 Å². The Kier molecular flexibility index (Phi) is 5.22. The summed E-state index contributed by atoms with van der Waals surface area (Å²) in [5.41, 5.74) is 7.64. The van der Waals surface area contributed by atoms with Crippen LogP contribution in [0, 0.1) is 12.2 Å². The fourth-order valence-electron chi connectivity index (χ4n) is 2.55. The van der Waals surface area contributed by atoms with Crippen LogP contribution in [0.4, 0.5) is 10.1 Å². The lowest BCUT2D eigenvalue weighted by Crippen LogP contribution is -2.13. The number of hydrogen-bond acceptors (Lipinski definition) is 3. The summed E-state index contributed by atoms with van der Waals surface area (Å²) in [4.78, 5) is 27.4. The molecule has 3 aromatic rings. The number of primary amides is 1. The molecule has 0 bridgehead atoms. The van der Waals surface area contributed by atoms with Gasteiger partial charge >= 0.3 is 0 Å². The van der Waals surface area contributed by atoms with Crippen LogP contribution in [0.15, 0.2) is 54.6 Å². The summed E-state index contributed by atoms with van der Waals surface area (Å²) in [5, 5.41) is 3.58. The van der Waals surface area contributed by atoms with Crippen molar-refractivity contribution in [3.63, 3.8) is 0 Å². The molecule has 3 rings (SSSR count). The molecule has 2 aromatic carbocycles. The van der Waals surface area contributed by atoms with E-state index in [-0.39, 0.29) is 17.4 Å². The predicted molar refractivity (Wildman–Crippen MR) is 97.9 cm³/mol. The van der Waals surface area contributed by atoms with Crippen molar-refractivity contribution in [2.24, 2.45) is 5.73 Å². The van der Waals surface area contributed by atoms with Gasteiger partial charge in [0, 0.05) is 11.1 Å². The molecule has 0 fully saturated rings. The van der Waals surface area contributed by atoms with E-state index < -0.39 is 5.91 Å². The molecule has 2 amide bonds. The maximum absolute atomic E-state index is 12.9. The Morgan fingerprint density at radius 1 is 1.08 bits per heavy atom. The topological polar surface area (TPSA) is 85.1 Å². The first-order valence-corrected chi connectivity index (χ1v) is 8.10. The van der Waals surface area contributed by atoms with Gasteiger partial charge in [-0.1, -0.05) is 18.2 Å². The van der Waals surface area contributed by atoms with Gasteiger partial charge in [0.2, 0.25) is 5.91 Å². The summed E-state index contributed by atoms with van der Waals surface area (Å²) < 4.78 is 12.9. The number of nitrogens with two attached hydrogens (primary N) is 1. The van der Waals surface area contributed by atoms with Crippen LogP contribution in [-0.2, 0) is 11.2 Å². The van der Waals surface area contributed by atoms with Crippen LogP contribution in [0.5, 0.6) is 0 Å². The van der Waals surface area contributed by atoms with Crippen LogP contribution in [0.2, 0.25) is 0 Å². The lowest BCUT2D eigenvalue weighted by atomic mass is 10.1. The van der Waals surface area contributed by atoms with Gasteiger partial charge in [-0.25, -0.2) is 9.37 Å². The van der Waals surface area contributed by atoms with Gasteiger partial charge in [0.15, 0.2) is 0 Å². The molecule has 1 aromatic heterocycles. The van der Waals surface area contributed by atoms with Gasteiger partial charge in [-0.2, -0.15) is 0 Å². The molecular weight excluding hydrogens is 333 g/mol. The van der Waals surface area contributed by atoms with Crippen molar-refractivity contribution in [1.82, 2.24) is 4.98 Å². The second-order valence-corrected chi connectivity index (χ2v) is 5.83. The minimum absolute atomic E-state index is 0.198. The van der Waals surface area contributed by atoms with Crippen LogP contribution in [0.25, 0.3) is 10.9 Å². The van der Waals surface area contributed by atoms with Crippen LogP contribution in [0.3, 0.4) is 0 Å². The highest BCUT2D eigenvalue weighted by Crippen LogP contribution is 2.18. The fourth-order valence-corrected chi connectivity index (χ4v) is 2.55. The van der Waals surface area contributed by atoms with Gasteiger partial charge in [-0.15, -0.1) is 0 Å². The summed E-state index contributed by atoms with van der Waals surface area (Å²) in [6.45, 7) is 0. The number of nitrogens with zero attached hydrogens (tertiary/aromatic N) is 1. The highest BCUT2D eigenvalue weighted by Gasteiger charge is 2.07. The SMILES string of the molecule is NC(=O)c1ccc2cc(NC(=O)[CH]CCc3ccc(F)cc3)ccc2n1. The molecule has 0 aliphatic heterocycles. The van der Waals surface area contributed by atoms with E-state index >= 15 is 0 Å². The zero-order chi connectivity index (χ0) is 18.5. The smallest absolute Gasteiger partial charge is 0.267 e. The van der Waals surface area contributed by atoms with Crippen LogP contribution in [0.1, 0.15) is 22.5 Å². The number of halogens is 1. The molecule has 1 radical (unpaired) electrons. The Balaban J connectivity index is 1.57. The highest BCUT2D eigenvalue weighted by molar-refractivity contribution is 5.99. The molecule has 5 nitrogen and oxygen atoms in total. The summed E-state index contributed by atoms with van der Waals surface area (Å²) in [6.07, 6.45) is 2.77. The quantitative estimate of drug-likeness (QED) is 0.716. The van der Waals surface area contributed by atoms with E-state index in [9.17, 15) is 14.0 Å². The summed E-state index contributed by atoms with van der Waals surface area (Å²) in [5.74, 6) is -1.07. The summed E-state index contributed by atoms with van der Waals surface area (Å²) in [6, 6.07) is 14.7. The number of nitrogens with one attached hydrogen (secondary N) is 1. The van der Waals surface area contributed by atoms with Gasteiger partial charge in [0.05, 0.1) is 11.9 Å². The molecule has 0 saturated carbocycles. The number of hydrogen-bond donors (Lipinski definition) is 2. The Hall–Kier alpha value is -3.28. The maximum atomic E-state index is 12.9. The minimum atomic E-state index is -0.583. The first-order chi connectivity index (χ1) is 12.5. The standard InChI is InChI=1S/C20H17FN3O2/c21-15-7-4-13(5-8-15)2-1-3-19(25)23-16-9-11-17-14(12-16)6-10-18(24-17)20(22)26/h3-12H,1-2H2,(H2,22,26)(H,23,25). The Morgan fingerprint density at radius 2 is 1.85 bits per heavy atom. The first kappa shape index (κ1) is 17.5. The third-order valence-corrected chi connectivity index (χ3v) is 3.89. The monoisotopic (exact) mass is 350 g/mol. The molecule has 131 valence electrons. The number of fused-ring (bicyclic) bond motifs is 1. The van der Waals surface area contributed by atoms with Crippen molar-refractivity contribution in [1.29, 1.82) is 0 Å². The van der Waals surface area contributed by atoms with Crippen molar-refractivity contribution in [2.45, 2.75) is 12.8 Å². The largest absolute Gasteiger partial charge is 0.364 e. The van der Waals surface area contributed by atoms with Crippen molar-refractivity contribution in [3.05, 3.63) is 78.1 Å². The number of amides is 2. The Labute approximate surface area is 150 Å². The molecule has 0 aliphatic carbocycles. The number of carbonyl (C=O) groups is 2. The molecule has 3 N–H and O–H groups in total. The minimum Gasteiger partial charge on any atom is -0.364 e. The van der Waals surface area contributed by atoms with Gasteiger partial charge in [0.25, 0.3) is 5.91 Å². The van der Waals surface area contributed by atoms with Crippen molar-refractivity contribution >= 4 is 28.4 Å². The molecular formula is C20H17FN3O2. The van der Waals surface area contributed by atoms with Gasteiger partial charge in [-0.3, -0.25) is 9.59 Å². The number of aromatic nitrogens is 1. The summed E-state index contributed by atoms with van der Waals surface area (Å²) >= 11 is 0. The predicted octanol–water partition coefficient (Wildman–Crippen LogP) is 3.25. The maximum Gasteiger partial charge on any atom is 0.267 e. The molecule has 0 unspecified atom stereocenters. The van der Waals surface area contributed by atoms with E-state index in [0.717, 1.165) is 10.9 Å². The molecule has 6 heteroatoms. The lowest BCUT2D eigenvalue weighted by Gasteiger charge is -2.07. The molecule has 26 heavy (non-hydrogen) atoms. The lowest BCUT2D eigenvalue weighted by molar-refractivity contribution is -0.113. The van der Waals surface area contributed by atoms with E-state index in [1.165, 1.54) is 12.1 Å². The Morgan fingerprint density at radius 3 is 2.58 bits per heavy atom. The molecule has 0 saturated heterocycles. The van der Waals surface area contributed by atoms with Gasteiger partial charge in [0.1, 0.15) is 11.5 Å². The van der Waals surface area contributed by atoms with E-state index in [2.05, 4.69) is 10.3 Å². The van der Waals surface area contributed by atoms with E-state index in [4.69, 9.17) is 5.73 Å². The van der Waals surface area contributed by atoms with Crippen LogP contribution < -0.4 is 11.1 Å². The van der Waals surface area contributed by atoms with Crippen molar-refractivity contribution in [3.8, 4) is 0 Å². The fraction of sp³-hybridized carbons (Fsp3) is 0.100. The van der Waals surface area contributed by atoms with Crippen LogP contribution in [-0.4, -0.2) is 16.8 Å². The third kappa shape index (κ3) is 4.42. The zero-order valence-corrected chi connectivity index (χ0v) is 13.9. The van der Waals surface area contributed by atoms with Crippen molar-refractivity contribution < 1.29 is 14.0 Å². The third-order valence-electron chi connectivity index (χ3n) is 3.89. The number of pyridine rings is 1. The highest BCUT2D eigenvalue weighted by atomic mass is 19.1. The first-order valence-electron chi connectivity index (χ1n) is 8.10. The summed E-state index contributed by atoms with van der Waals surface area (Å²) in [7, 11) is 0.